The Balaban J connectivity index is 0.00000261. The van der Waals surface area contributed by atoms with Crippen LogP contribution < -0.4 is 19.5 Å². The fourth-order valence-corrected chi connectivity index (χ4v) is 3.50. The number of halogens is 1. The molecule has 2 aliphatic heterocycles. The highest BCUT2D eigenvalue weighted by molar-refractivity contribution is 5.85. The molecular weight excluding hydrogens is 372 g/mol. The van der Waals surface area contributed by atoms with Crippen molar-refractivity contribution in [1.82, 2.24) is 10.2 Å². The van der Waals surface area contributed by atoms with Gasteiger partial charge in [0.25, 0.3) is 0 Å². The number of amides is 1. The van der Waals surface area contributed by atoms with Crippen molar-refractivity contribution in [2.24, 2.45) is 0 Å². The molecule has 0 unspecified atom stereocenters. The van der Waals surface area contributed by atoms with Gasteiger partial charge in [0.1, 0.15) is 12.1 Å². The number of hydrogen-bond donors (Lipinski definition) is 1. The molecule has 3 rings (SSSR count). The summed E-state index contributed by atoms with van der Waals surface area (Å²) in [5, 5.41) is 3.27. The van der Waals surface area contributed by atoms with Crippen LogP contribution in [0.2, 0.25) is 0 Å². The Kier molecular flexibility index (Phi) is 8.01. The first kappa shape index (κ1) is 21.6. The number of nitrogens with one attached hydrogen (secondary N) is 1. The van der Waals surface area contributed by atoms with Crippen molar-refractivity contribution in [3.8, 4) is 17.2 Å². The third kappa shape index (κ3) is 4.97. The molecule has 27 heavy (non-hydrogen) atoms. The molecule has 0 aliphatic carbocycles. The summed E-state index contributed by atoms with van der Waals surface area (Å²) in [6.07, 6.45) is 1.48. The number of para-hydroxylation sites is 1. The lowest BCUT2D eigenvalue weighted by atomic mass is 10.0. The maximum atomic E-state index is 12.7. The maximum Gasteiger partial charge on any atom is 0.242 e. The molecule has 0 bridgehead atoms. The van der Waals surface area contributed by atoms with E-state index >= 15 is 0 Å². The van der Waals surface area contributed by atoms with E-state index in [9.17, 15) is 4.79 Å². The summed E-state index contributed by atoms with van der Waals surface area (Å²) in [5.41, 5.74) is 0. The third-order valence-electron chi connectivity index (χ3n) is 5.00. The second-order valence-electron chi connectivity index (χ2n) is 6.64. The number of nitrogens with zero attached hydrogens (tertiary/aromatic N) is 1. The van der Waals surface area contributed by atoms with Crippen LogP contribution in [0.1, 0.15) is 19.8 Å². The Labute approximate surface area is 166 Å². The number of methoxy groups -OCH3 is 2. The van der Waals surface area contributed by atoms with Gasteiger partial charge < -0.3 is 29.2 Å². The van der Waals surface area contributed by atoms with Crippen LogP contribution in [0.3, 0.4) is 0 Å². The standard InChI is InChI=1S/C19H28N2O5.ClH/c1-13-17(20-9-12-25-13)19(22)21-10-7-14(8-11-21)26-18-15(23-2)5-4-6-16(18)24-3;/h4-6,13-14,17,20H,7-12H2,1-3H3;1H/t13-,17+;/m1./s1. The number of ether oxygens (including phenoxy) is 4. The minimum atomic E-state index is -0.254. The van der Waals surface area contributed by atoms with E-state index in [1.807, 2.05) is 30.0 Å². The number of carbonyl (C=O) groups is 1. The maximum absolute atomic E-state index is 12.7. The highest BCUT2D eigenvalue weighted by Crippen LogP contribution is 2.38. The van der Waals surface area contributed by atoms with Crippen LogP contribution in [0.15, 0.2) is 18.2 Å². The number of carbonyl (C=O) groups excluding carboxylic acids is 1. The van der Waals surface area contributed by atoms with Gasteiger partial charge >= 0.3 is 0 Å². The van der Waals surface area contributed by atoms with Gasteiger partial charge in [-0.2, -0.15) is 0 Å². The van der Waals surface area contributed by atoms with Gasteiger partial charge in [0, 0.05) is 32.5 Å². The molecule has 7 nitrogen and oxygen atoms in total. The van der Waals surface area contributed by atoms with Gasteiger partial charge in [-0.05, 0) is 19.1 Å². The zero-order chi connectivity index (χ0) is 18.5. The highest BCUT2D eigenvalue weighted by Gasteiger charge is 2.34. The molecule has 1 aromatic carbocycles. The SMILES string of the molecule is COc1cccc(OC)c1OC1CCN(C(=O)[C@H]2NCCO[C@@H]2C)CC1.Cl. The monoisotopic (exact) mass is 400 g/mol. The van der Waals surface area contributed by atoms with Crippen LogP contribution >= 0.6 is 12.4 Å². The molecule has 8 heteroatoms. The molecule has 2 aliphatic rings. The van der Waals surface area contributed by atoms with Crippen LogP contribution in [0, 0.1) is 0 Å². The summed E-state index contributed by atoms with van der Waals surface area (Å²) in [5.74, 6) is 2.05. The number of benzene rings is 1. The first-order valence-electron chi connectivity index (χ1n) is 9.15. The van der Waals surface area contributed by atoms with Crippen molar-refractivity contribution in [2.45, 2.75) is 38.0 Å². The van der Waals surface area contributed by atoms with Crippen molar-refractivity contribution in [3.63, 3.8) is 0 Å². The van der Waals surface area contributed by atoms with Gasteiger partial charge in [-0.1, -0.05) is 6.07 Å². The van der Waals surface area contributed by atoms with E-state index < -0.39 is 0 Å². The van der Waals surface area contributed by atoms with Gasteiger partial charge in [0.2, 0.25) is 11.7 Å². The Hall–Kier alpha value is -1.70. The van der Waals surface area contributed by atoms with Crippen molar-refractivity contribution < 1.29 is 23.7 Å². The molecule has 0 radical (unpaired) electrons. The number of hydrogen-bond acceptors (Lipinski definition) is 6. The molecule has 2 heterocycles. The largest absolute Gasteiger partial charge is 0.493 e. The van der Waals surface area contributed by atoms with Crippen molar-refractivity contribution in [2.75, 3.05) is 40.5 Å². The minimum Gasteiger partial charge on any atom is -0.493 e. The summed E-state index contributed by atoms with van der Waals surface area (Å²) < 4.78 is 22.5. The second-order valence-corrected chi connectivity index (χ2v) is 6.64. The zero-order valence-corrected chi connectivity index (χ0v) is 16.9. The average molecular weight is 401 g/mol. The fraction of sp³-hybridized carbons (Fsp3) is 0.632. The van der Waals surface area contributed by atoms with Crippen LogP contribution in [0.4, 0.5) is 0 Å². The molecule has 0 saturated carbocycles. The summed E-state index contributed by atoms with van der Waals surface area (Å²) >= 11 is 0. The Morgan fingerprint density at radius 1 is 1.19 bits per heavy atom. The molecule has 1 aromatic rings. The van der Waals surface area contributed by atoms with E-state index in [0.717, 1.165) is 12.8 Å². The normalized spacial score (nSPS) is 23.3. The van der Waals surface area contributed by atoms with Gasteiger partial charge in [-0.3, -0.25) is 4.79 Å². The van der Waals surface area contributed by atoms with E-state index in [2.05, 4.69) is 5.32 Å². The fourth-order valence-electron chi connectivity index (χ4n) is 3.50. The van der Waals surface area contributed by atoms with Gasteiger partial charge in [-0.25, -0.2) is 0 Å². The molecule has 2 fully saturated rings. The highest BCUT2D eigenvalue weighted by atomic mass is 35.5. The molecule has 1 N–H and O–H groups in total. The minimum absolute atomic E-state index is 0. The topological polar surface area (TPSA) is 69.3 Å². The first-order valence-corrected chi connectivity index (χ1v) is 9.15. The molecule has 2 saturated heterocycles. The Morgan fingerprint density at radius 3 is 2.37 bits per heavy atom. The van der Waals surface area contributed by atoms with Gasteiger partial charge in [0.15, 0.2) is 11.5 Å². The van der Waals surface area contributed by atoms with Crippen LogP contribution in [-0.4, -0.2) is 69.5 Å². The lowest BCUT2D eigenvalue weighted by Gasteiger charge is -2.37. The number of morpholine rings is 1. The van der Waals surface area contributed by atoms with E-state index in [1.165, 1.54) is 0 Å². The lowest BCUT2D eigenvalue weighted by Crippen LogP contribution is -2.57. The van der Waals surface area contributed by atoms with E-state index in [0.29, 0.717) is 43.5 Å². The van der Waals surface area contributed by atoms with Crippen LogP contribution in [-0.2, 0) is 9.53 Å². The molecule has 0 spiro atoms. The van der Waals surface area contributed by atoms with E-state index in [-0.39, 0.29) is 36.6 Å². The first-order chi connectivity index (χ1) is 12.6. The van der Waals surface area contributed by atoms with Gasteiger partial charge in [-0.15, -0.1) is 12.4 Å². The predicted octanol–water partition coefficient (Wildman–Crippen LogP) is 1.87. The summed E-state index contributed by atoms with van der Waals surface area (Å²) in [6, 6.07) is 5.32. The van der Waals surface area contributed by atoms with Gasteiger partial charge in [0.05, 0.1) is 26.9 Å². The second kappa shape index (κ2) is 10.0. The molecular formula is C19H29ClN2O5. The summed E-state index contributed by atoms with van der Waals surface area (Å²) in [7, 11) is 3.23. The predicted molar refractivity (Wildman–Crippen MR) is 104 cm³/mol. The van der Waals surface area contributed by atoms with E-state index in [4.69, 9.17) is 18.9 Å². The molecule has 1 amide bonds. The average Bonchev–Trinajstić information content (AvgIpc) is 2.68. The van der Waals surface area contributed by atoms with Crippen LogP contribution in [0.5, 0.6) is 17.2 Å². The zero-order valence-electron chi connectivity index (χ0n) is 16.1. The van der Waals surface area contributed by atoms with Crippen LogP contribution in [0.25, 0.3) is 0 Å². The molecule has 152 valence electrons. The molecule has 2 atom stereocenters. The molecule has 0 aromatic heterocycles. The Morgan fingerprint density at radius 2 is 1.81 bits per heavy atom. The summed E-state index contributed by atoms with van der Waals surface area (Å²) in [6.45, 7) is 4.66. The Bertz CT molecular complexity index is 600. The number of likely N-dealkylation sites (tertiary alicyclic amines) is 1. The summed E-state index contributed by atoms with van der Waals surface area (Å²) in [4.78, 5) is 14.6. The number of piperidine rings is 1. The number of rotatable bonds is 5. The van der Waals surface area contributed by atoms with Crippen molar-refractivity contribution >= 4 is 18.3 Å². The van der Waals surface area contributed by atoms with Crippen molar-refractivity contribution in [1.29, 1.82) is 0 Å². The van der Waals surface area contributed by atoms with Crippen molar-refractivity contribution in [3.05, 3.63) is 18.2 Å². The lowest BCUT2D eigenvalue weighted by molar-refractivity contribution is -0.141. The smallest absolute Gasteiger partial charge is 0.242 e. The quantitative estimate of drug-likeness (QED) is 0.813. The van der Waals surface area contributed by atoms with E-state index in [1.54, 1.807) is 14.2 Å². The third-order valence-corrected chi connectivity index (χ3v) is 5.00.